The molecule has 0 bridgehead atoms. The highest BCUT2D eigenvalue weighted by molar-refractivity contribution is 6.09. The Kier molecular flexibility index (Phi) is 6.49. The van der Waals surface area contributed by atoms with Crippen LogP contribution in [-0.4, -0.2) is 41.9 Å². The zero-order chi connectivity index (χ0) is 19.7. The molecule has 1 saturated carbocycles. The van der Waals surface area contributed by atoms with Gasteiger partial charge in [-0.25, -0.2) is 4.79 Å². The van der Waals surface area contributed by atoms with E-state index in [0.717, 1.165) is 48.1 Å². The minimum atomic E-state index is -1.02. The minimum Gasteiger partial charge on any atom is -0.350 e. The number of urea groups is 1. The largest absolute Gasteiger partial charge is 0.350 e. The smallest absolute Gasteiger partial charge is 0.325 e. The van der Waals surface area contributed by atoms with E-state index in [-0.39, 0.29) is 36.8 Å². The maximum Gasteiger partial charge on any atom is 0.325 e. The Morgan fingerprint density at radius 1 is 1.24 bits per heavy atom. The molecule has 4 N–H and O–H groups in total. The number of fused-ring (bicyclic) bond motifs is 2. The minimum absolute atomic E-state index is 0. The maximum absolute atomic E-state index is 13.1. The van der Waals surface area contributed by atoms with Gasteiger partial charge in [-0.3, -0.25) is 14.5 Å². The lowest BCUT2D eigenvalue weighted by Gasteiger charge is -2.30. The summed E-state index contributed by atoms with van der Waals surface area (Å²) in [5.74, 6) is -0.286. The van der Waals surface area contributed by atoms with Crippen molar-refractivity contribution in [3.8, 4) is 0 Å². The Morgan fingerprint density at radius 2 is 1.97 bits per heavy atom. The summed E-state index contributed by atoms with van der Waals surface area (Å²) in [6, 6.07) is 7.07. The monoisotopic (exact) mass is 420 g/mol. The number of nitrogens with one attached hydrogen (secondary N) is 2. The van der Waals surface area contributed by atoms with Crippen molar-refractivity contribution < 1.29 is 14.4 Å². The first-order valence-corrected chi connectivity index (χ1v) is 10.3. The van der Waals surface area contributed by atoms with Crippen molar-refractivity contribution in [1.82, 2.24) is 15.5 Å². The van der Waals surface area contributed by atoms with Gasteiger partial charge in [0.05, 0.1) is 0 Å². The number of halogens is 1. The molecule has 1 spiro atoms. The van der Waals surface area contributed by atoms with Crippen molar-refractivity contribution >= 4 is 30.3 Å². The molecule has 1 aromatic carbocycles. The number of nitrogens with two attached hydrogens (primary N) is 1. The number of carbonyl (C=O) groups is 3. The normalized spacial score (nSPS) is 24.8. The summed E-state index contributed by atoms with van der Waals surface area (Å²) in [6.07, 6.45) is 6.93. The summed E-state index contributed by atoms with van der Waals surface area (Å²) in [5, 5.41) is 5.82. The van der Waals surface area contributed by atoms with E-state index < -0.39 is 11.6 Å². The Bertz CT molecular complexity index is 796. The standard InChI is InChI=1S/C21H28N4O3.ClH/c22-12-17(15-7-2-1-3-8-15)23-18(26)13-25-19(27)21(24-20(25)28)11-10-14-6-4-5-9-16(14)21;/h4-6,9,15,17H,1-3,7-8,10-13,22H2,(H,23,26)(H,24,28);1H. The van der Waals surface area contributed by atoms with Crippen LogP contribution in [-0.2, 0) is 21.5 Å². The van der Waals surface area contributed by atoms with E-state index >= 15 is 0 Å². The molecular formula is C21H29ClN4O3. The van der Waals surface area contributed by atoms with Gasteiger partial charge in [-0.1, -0.05) is 43.5 Å². The quantitative estimate of drug-likeness (QED) is 0.632. The number of amides is 4. The van der Waals surface area contributed by atoms with Gasteiger partial charge in [0.2, 0.25) is 5.91 Å². The lowest BCUT2D eigenvalue weighted by Crippen LogP contribution is -2.50. The Hall–Kier alpha value is -2.12. The van der Waals surface area contributed by atoms with E-state index in [1.807, 2.05) is 24.3 Å². The predicted molar refractivity (Wildman–Crippen MR) is 111 cm³/mol. The van der Waals surface area contributed by atoms with Crippen LogP contribution in [0.1, 0.15) is 49.7 Å². The molecule has 3 aliphatic rings. The molecular weight excluding hydrogens is 392 g/mol. The molecule has 4 rings (SSSR count). The third kappa shape index (κ3) is 3.85. The summed E-state index contributed by atoms with van der Waals surface area (Å²) in [7, 11) is 0. The lowest BCUT2D eigenvalue weighted by atomic mass is 9.84. The van der Waals surface area contributed by atoms with Crippen LogP contribution < -0.4 is 16.4 Å². The summed E-state index contributed by atoms with van der Waals surface area (Å²) >= 11 is 0. The number of aryl methyl sites for hydroxylation is 1. The van der Waals surface area contributed by atoms with Crippen molar-refractivity contribution in [2.45, 2.75) is 56.5 Å². The average molecular weight is 421 g/mol. The molecule has 158 valence electrons. The van der Waals surface area contributed by atoms with Crippen molar-refractivity contribution in [1.29, 1.82) is 0 Å². The molecule has 1 saturated heterocycles. The fourth-order valence-corrected chi connectivity index (χ4v) is 5.03. The van der Waals surface area contributed by atoms with E-state index in [0.29, 0.717) is 18.9 Å². The van der Waals surface area contributed by atoms with Gasteiger partial charge >= 0.3 is 6.03 Å². The maximum atomic E-state index is 13.1. The summed E-state index contributed by atoms with van der Waals surface area (Å²) in [4.78, 5) is 39.3. The highest BCUT2D eigenvalue weighted by atomic mass is 35.5. The molecule has 0 radical (unpaired) electrons. The number of benzene rings is 1. The number of carbonyl (C=O) groups excluding carboxylic acids is 3. The van der Waals surface area contributed by atoms with Crippen molar-refractivity contribution in [3.05, 3.63) is 35.4 Å². The van der Waals surface area contributed by atoms with E-state index in [2.05, 4.69) is 10.6 Å². The van der Waals surface area contributed by atoms with E-state index in [9.17, 15) is 14.4 Å². The van der Waals surface area contributed by atoms with Crippen LogP contribution in [0, 0.1) is 5.92 Å². The highest BCUT2D eigenvalue weighted by Crippen LogP contribution is 2.41. The first kappa shape index (κ1) is 21.6. The van der Waals surface area contributed by atoms with Crippen molar-refractivity contribution in [2.24, 2.45) is 11.7 Å². The molecule has 1 aliphatic heterocycles. The topological polar surface area (TPSA) is 105 Å². The molecule has 4 amide bonds. The number of imide groups is 1. The second-order valence-electron chi connectivity index (χ2n) is 8.19. The molecule has 1 aromatic rings. The molecule has 2 unspecified atom stereocenters. The first-order chi connectivity index (χ1) is 13.5. The second kappa shape index (κ2) is 8.71. The lowest BCUT2D eigenvalue weighted by molar-refractivity contribution is -0.135. The van der Waals surface area contributed by atoms with Gasteiger partial charge in [-0.05, 0) is 42.7 Å². The second-order valence-corrected chi connectivity index (χ2v) is 8.19. The molecule has 29 heavy (non-hydrogen) atoms. The van der Waals surface area contributed by atoms with Crippen molar-refractivity contribution in [2.75, 3.05) is 13.1 Å². The van der Waals surface area contributed by atoms with E-state index in [4.69, 9.17) is 5.73 Å². The van der Waals surface area contributed by atoms with Crippen LogP contribution in [0.15, 0.2) is 24.3 Å². The average Bonchev–Trinajstić information content (AvgIpc) is 3.20. The zero-order valence-corrected chi connectivity index (χ0v) is 17.3. The molecule has 0 aromatic heterocycles. The molecule has 2 fully saturated rings. The van der Waals surface area contributed by atoms with Crippen LogP contribution in [0.2, 0.25) is 0 Å². The molecule has 2 atom stereocenters. The van der Waals surface area contributed by atoms with Gasteiger partial charge in [0.25, 0.3) is 5.91 Å². The van der Waals surface area contributed by atoms with E-state index in [1.54, 1.807) is 0 Å². The summed E-state index contributed by atoms with van der Waals surface area (Å²) in [5.41, 5.74) is 6.78. The number of hydrogen-bond donors (Lipinski definition) is 3. The van der Waals surface area contributed by atoms with Gasteiger partial charge in [-0.15, -0.1) is 12.4 Å². The fourth-order valence-electron chi connectivity index (χ4n) is 5.03. The Labute approximate surface area is 177 Å². The van der Waals surface area contributed by atoms with Crippen LogP contribution in [0.25, 0.3) is 0 Å². The predicted octanol–water partition coefficient (Wildman–Crippen LogP) is 1.83. The van der Waals surface area contributed by atoms with Gasteiger partial charge in [0, 0.05) is 12.6 Å². The Balaban J connectivity index is 0.00000240. The summed E-state index contributed by atoms with van der Waals surface area (Å²) in [6.45, 7) is 0.103. The van der Waals surface area contributed by atoms with Crippen LogP contribution in [0.3, 0.4) is 0 Å². The molecule has 8 heteroatoms. The van der Waals surface area contributed by atoms with Crippen LogP contribution >= 0.6 is 12.4 Å². The van der Waals surface area contributed by atoms with Gasteiger partial charge in [0.15, 0.2) is 0 Å². The number of hydrogen-bond acceptors (Lipinski definition) is 4. The highest BCUT2D eigenvalue weighted by Gasteiger charge is 2.55. The van der Waals surface area contributed by atoms with Crippen LogP contribution in [0.5, 0.6) is 0 Å². The molecule has 7 nitrogen and oxygen atoms in total. The Morgan fingerprint density at radius 3 is 2.69 bits per heavy atom. The van der Waals surface area contributed by atoms with Crippen LogP contribution in [0.4, 0.5) is 4.79 Å². The molecule has 2 aliphatic carbocycles. The van der Waals surface area contributed by atoms with E-state index in [1.165, 1.54) is 6.42 Å². The summed E-state index contributed by atoms with van der Waals surface area (Å²) < 4.78 is 0. The van der Waals surface area contributed by atoms with Gasteiger partial charge < -0.3 is 16.4 Å². The van der Waals surface area contributed by atoms with Gasteiger partial charge in [-0.2, -0.15) is 0 Å². The zero-order valence-electron chi connectivity index (χ0n) is 16.5. The fraction of sp³-hybridized carbons (Fsp3) is 0.571. The third-order valence-electron chi connectivity index (χ3n) is 6.54. The number of nitrogens with zero attached hydrogens (tertiary/aromatic N) is 1. The third-order valence-corrected chi connectivity index (χ3v) is 6.54. The van der Waals surface area contributed by atoms with Crippen molar-refractivity contribution in [3.63, 3.8) is 0 Å². The SMILES string of the molecule is Cl.NCC(NC(=O)CN1C(=O)NC2(CCc3ccccc32)C1=O)C1CCCCC1. The first-order valence-electron chi connectivity index (χ1n) is 10.3. The van der Waals surface area contributed by atoms with Gasteiger partial charge in [0.1, 0.15) is 12.1 Å². The number of rotatable bonds is 5. The molecule has 1 heterocycles.